The summed E-state index contributed by atoms with van der Waals surface area (Å²) in [7, 11) is 0. The van der Waals surface area contributed by atoms with E-state index < -0.39 is 0 Å². The maximum Gasteiger partial charge on any atom is 0.128 e. The lowest BCUT2D eigenvalue weighted by Crippen LogP contribution is -2.34. The van der Waals surface area contributed by atoms with Crippen molar-refractivity contribution < 1.29 is 4.74 Å². The fourth-order valence-corrected chi connectivity index (χ4v) is 8.60. The molecule has 0 spiro atoms. The lowest BCUT2D eigenvalue weighted by atomic mass is 9.82. The van der Waals surface area contributed by atoms with Crippen molar-refractivity contribution in [1.29, 1.82) is 0 Å². The molecule has 7 aromatic rings. The standard InChI is InChI=1S/C49H37NO/c1-49(2)43-20-12-11-19-40(43)41-26-25-39(31-44(41)49)50(38-23-21-34(22-24-38)32-13-5-3-6-14-32)45-28-37(33-15-7-4-8-16-33)30-47-48(45)42-27-35-17-9-10-18-36(35)29-46(42)51-47/h3-31,42,46H,1-2H3. The predicted molar refractivity (Wildman–Crippen MR) is 211 cm³/mol. The van der Waals surface area contributed by atoms with Gasteiger partial charge < -0.3 is 9.64 Å². The average Bonchev–Trinajstić information content (AvgIpc) is 3.65. The molecule has 2 nitrogen and oxygen atoms in total. The lowest BCUT2D eigenvalue weighted by molar-refractivity contribution is 0.288. The Morgan fingerprint density at radius 3 is 1.82 bits per heavy atom. The van der Waals surface area contributed by atoms with Crippen LogP contribution >= 0.6 is 0 Å². The van der Waals surface area contributed by atoms with Gasteiger partial charge in [-0.3, -0.25) is 0 Å². The molecule has 2 aliphatic carbocycles. The van der Waals surface area contributed by atoms with Crippen LogP contribution in [0.3, 0.4) is 0 Å². The number of benzene rings is 7. The van der Waals surface area contributed by atoms with Crippen molar-refractivity contribution in [3.63, 3.8) is 0 Å². The van der Waals surface area contributed by atoms with E-state index in [2.05, 4.69) is 195 Å². The van der Waals surface area contributed by atoms with Crippen molar-refractivity contribution in [2.75, 3.05) is 4.90 Å². The largest absolute Gasteiger partial charge is 0.485 e. The molecular formula is C49H37NO. The molecule has 0 fully saturated rings. The van der Waals surface area contributed by atoms with E-state index >= 15 is 0 Å². The van der Waals surface area contributed by atoms with E-state index in [4.69, 9.17) is 4.74 Å². The Bertz CT molecular complexity index is 2590. The van der Waals surface area contributed by atoms with Crippen molar-refractivity contribution in [2.45, 2.75) is 31.3 Å². The third-order valence-corrected chi connectivity index (χ3v) is 11.2. The predicted octanol–water partition coefficient (Wildman–Crippen LogP) is 10.9. The molecule has 0 saturated heterocycles. The van der Waals surface area contributed by atoms with Crippen LogP contribution in [-0.4, -0.2) is 6.10 Å². The molecule has 0 aromatic heterocycles. The molecular weight excluding hydrogens is 619 g/mol. The third-order valence-electron chi connectivity index (χ3n) is 11.2. The van der Waals surface area contributed by atoms with Crippen LogP contribution in [0.5, 0.6) is 5.75 Å². The first-order valence-corrected chi connectivity index (χ1v) is 17.9. The average molecular weight is 656 g/mol. The highest BCUT2D eigenvalue weighted by molar-refractivity contribution is 5.90. The van der Waals surface area contributed by atoms with Gasteiger partial charge in [0.2, 0.25) is 0 Å². The number of hydrogen-bond donors (Lipinski definition) is 0. The van der Waals surface area contributed by atoms with Gasteiger partial charge in [0.15, 0.2) is 0 Å². The van der Waals surface area contributed by atoms with E-state index in [1.165, 1.54) is 54.9 Å². The Hall–Kier alpha value is -6.12. The first-order valence-electron chi connectivity index (χ1n) is 17.9. The molecule has 0 N–H and O–H groups in total. The van der Waals surface area contributed by atoms with Gasteiger partial charge in [-0.2, -0.15) is 0 Å². The zero-order chi connectivity index (χ0) is 34.1. The number of anilines is 3. The van der Waals surface area contributed by atoms with Crippen molar-refractivity contribution in [3.8, 4) is 39.1 Å². The second-order valence-corrected chi connectivity index (χ2v) is 14.5. The SMILES string of the molecule is CC1(C)c2ccccc2-c2ccc(N(c3ccc(-c4ccccc4)cc3)c3cc(-c4ccccc4)cc4c3C3C=c5ccccc5=CC3O4)cc21. The molecule has 0 saturated carbocycles. The summed E-state index contributed by atoms with van der Waals surface area (Å²) in [5.41, 5.74) is 14.6. The minimum atomic E-state index is -0.122. The van der Waals surface area contributed by atoms with Gasteiger partial charge in [0.25, 0.3) is 0 Å². The Labute approximate surface area is 299 Å². The molecule has 1 aliphatic heterocycles. The maximum absolute atomic E-state index is 6.91. The summed E-state index contributed by atoms with van der Waals surface area (Å²) in [6.45, 7) is 4.72. The number of fused-ring (bicyclic) bond motifs is 7. The normalized spacial score (nSPS) is 17.1. The molecule has 0 radical (unpaired) electrons. The van der Waals surface area contributed by atoms with Gasteiger partial charge in [0.05, 0.1) is 5.69 Å². The van der Waals surface area contributed by atoms with Gasteiger partial charge in [0, 0.05) is 28.3 Å². The van der Waals surface area contributed by atoms with Crippen LogP contribution < -0.4 is 20.1 Å². The van der Waals surface area contributed by atoms with Gasteiger partial charge in [-0.05, 0) is 97.4 Å². The third kappa shape index (κ3) is 4.78. The lowest BCUT2D eigenvalue weighted by Gasteiger charge is -2.31. The van der Waals surface area contributed by atoms with Gasteiger partial charge in [-0.1, -0.05) is 147 Å². The molecule has 10 rings (SSSR count). The van der Waals surface area contributed by atoms with Gasteiger partial charge >= 0.3 is 0 Å². The summed E-state index contributed by atoms with van der Waals surface area (Å²) in [6.07, 6.45) is 4.65. The van der Waals surface area contributed by atoms with Gasteiger partial charge in [-0.15, -0.1) is 0 Å². The minimum Gasteiger partial charge on any atom is -0.485 e. The van der Waals surface area contributed by atoms with Crippen LogP contribution in [0.1, 0.15) is 36.5 Å². The minimum absolute atomic E-state index is 0.0737. The van der Waals surface area contributed by atoms with Crippen LogP contribution in [0.4, 0.5) is 17.1 Å². The number of ether oxygens (including phenoxy) is 1. The molecule has 244 valence electrons. The van der Waals surface area contributed by atoms with Gasteiger partial charge in [-0.25, -0.2) is 0 Å². The Balaban J connectivity index is 1.22. The molecule has 2 atom stereocenters. The highest BCUT2D eigenvalue weighted by Crippen LogP contribution is 2.54. The Morgan fingerprint density at radius 1 is 0.490 bits per heavy atom. The molecule has 7 aromatic carbocycles. The summed E-state index contributed by atoms with van der Waals surface area (Å²) in [4.78, 5) is 2.47. The smallest absolute Gasteiger partial charge is 0.128 e. The fraction of sp³-hybridized carbons (Fsp3) is 0.102. The first kappa shape index (κ1) is 29.8. The highest BCUT2D eigenvalue weighted by Gasteiger charge is 2.39. The Kier molecular flexibility index (Phi) is 6.69. The van der Waals surface area contributed by atoms with E-state index in [1.54, 1.807) is 0 Å². The Morgan fingerprint density at radius 2 is 1.08 bits per heavy atom. The van der Waals surface area contributed by atoms with Crippen molar-refractivity contribution in [2.24, 2.45) is 0 Å². The van der Waals surface area contributed by atoms with Crippen LogP contribution in [0.25, 0.3) is 45.5 Å². The second kappa shape index (κ2) is 11.5. The highest BCUT2D eigenvalue weighted by atomic mass is 16.5. The summed E-state index contributed by atoms with van der Waals surface area (Å²) < 4.78 is 6.91. The number of rotatable bonds is 5. The van der Waals surface area contributed by atoms with Crippen molar-refractivity contribution >= 4 is 29.2 Å². The van der Waals surface area contributed by atoms with Crippen molar-refractivity contribution in [1.82, 2.24) is 0 Å². The zero-order valence-electron chi connectivity index (χ0n) is 28.8. The van der Waals surface area contributed by atoms with E-state index in [1.807, 2.05) is 0 Å². The molecule has 0 bridgehead atoms. The number of hydrogen-bond acceptors (Lipinski definition) is 2. The quantitative estimate of drug-likeness (QED) is 0.183. The summed E-state index contributed by atoms with van der Waals surface area (Å²) in [6, 6.07) is 59.6. The molecule has 0 amide bonds. The van der Waals surface area contributed by atoms with Gasteiger partial charge in [0.1, 0.15) is 11.9 Å². The summed E-state index contributed by atoms with van der Waals surface area (Å²) in [5, 5.41) is 2.48. The molecule has 51 heavy (non-hydrogen) atoms. The molecule has 1 heterocycles. The monoisotopic (exact) mass is 655 g/mol. The molecule has 2 unspecified atom stereocenters. The fourth-order valence-electron chi connectivity index (χ4n) is 8.60. The summed E-state index contributed by atoms with van der Waals surface area (Å²) >= 11 is 0. The van der Waals surface area contributed by atoms with Crippen molar-refractivity contribution in [3.05, 3.63) is 191 Å². The van der Waals surface area contributed by atoms with Crippen LogP contribution in [0.15, 0.2) is 164 Å². The number of nitrogens with zero attached hydrogens (tertiary/aromatic N) is 1. The van der Waals surface area contributed by atoms with Crippen LogP contribution in [0, 0.1) is 0 Å². The second-order valence-electron chi connectivity index (χ2n) is 14.5. The van der Waals surface area contributed by atoms with Crippen LogP contribution in [-0.2, 0) is 5.41 Å². The maximum atomic E-state index is 6.91. The zero-order valence-corrected chi connectivity index (χ0v) is 28.8. The van der Waals surface area contributed by atoms with E-state index in [0.717, 1.165) is 28.4 Å². The molecule has 2 heteroatoms. The topological polar surface area (TPSA) is 12.5 Å². The van der Waals surface area contributed by atoms with E-state index in [9.17, 15) is 0 Å². The first-order chi connectivity index (χ1) is 25.0. The van der Waals surface area contributed by atoms with Crippen LogP contribution in [0.2, 0.25) is 0 Å². The van der Waals surface area contributed by atoms with E-state index in [-0.39, 0.29) is 17.4 Å². The van der Waals surface area contributed by atoms with E-state index in [0.29, 0.717) is 0 Å². The molecule has 3 aliphatic rings. The summed E-state index contributed by atoms with van der Waals surface area (Å²) in [5.74, 6) is 1.03.